The fourth-order valence-corrected chi connectivity index (χ4v) is 2.76. The van der Waals surface area contributed by atoms with Gasteiger partial charge in [-0.25, -0.2) is 0 Å². The van der Waals surface area contributed by atoms with Crippen LogP contribution < -0.4 is 14.8 Å². The minimum absolute atomic E-state index is 0.0367. The molecule has 0 unspecified atom stereocenters. The van der Waals surface area contributed by atoms with Crippen LogP contribution in [0.15, 0.2) is 18.2 Å². The highest BCUT2D eigenvalue weighted by Gasteiger charge is 2.26. The van der Waals surface area contributed by atoms with Crippen molar-refractivity contribution in [1.82, 2.24) is 5.32 Å². The van der Waals surface area contributed by atoms with Crippen LogP contribution in [0.4, 0.5) is 0 Å². The van der Waals surface area contributed by atoms with E-state index in [0.717, 1.165) is 12.8 Å². The number of hydrogen-bond donors (Lipinski definition) is 1. The highest BCUT2D eigenvalue weighted by Crippen LogP contribution is 2.31. The van der Waals surface area contributed by atoms with Gasteiger partial charge in [0, 0.05) is 23.4 Å². The quantitative estimate of drug-likeness (QED) is 0.821. The third-order valence-corrected chi connectivity index (χ3v) is 4.78. The Hall–Kier alpha value is -1.42. The largest absolute Gasteiger partial charge is 0.486 e. The topological polar surface area (TPSA) is 47.6 Å². The van der Waals surface area contributed by atoms with E-state index in [1.165, 1.54) is 0 Å². The van der Waals surface area contributed by atoms with E-state index in [0.29, 0.717) is 42.7 Å². The molecule has 1 aliphatic heterocycles. The molecule has 5 heteroatoms. The Balaban J connectivity index is 2.03. The van der Waals surface area contributed by atoms with E-state index in [9.17, 15) is 4.79 Å². The maximum absolute atomic E-state index is 12.3. The number of hydrogen-bond acceptors (Lipinski definition) is 3. The SMILES string of the molecule is CCC(CC)(CCl)CNC(=O)c1ccc2c(c1)OCCO2. The van der Waals surface area contributed by atoms with E-state index in [2.05, 4.69) is 19.2 Å². The first-order valence-electron chi connectivity index (χ1n) is 7.38. The molecular weight excluding hydrogens is 290 g/mol. The molecule has 0 spiro atoms. The smallest absolute Gasteiger partial charge is 0.251 e. The van der Waals surface area contributed by atoms with Crippen LogP contribution in [0.25, 0.3) is 0 Å². The lowest BCUT2D eigenvalue weighted by Gasteiger charge is -2.29. The summed E-state index contributed by atoms with van der Waals surface area (Å²) in [6, 6.07) is 5.26. The third kappa shape index (κ3) is 3.62. The van der Waals surface area contributed by atoms with Crippen molar-refractivity contribution in [3.05, 3.63) is 23.8 Å². The van der Waals surface area contributed by atoms with E-state index >= 15 is 0 Å². The highest BCUT2D eigenvalue weighted by atomic mass is 35.5. The van der Waals surface area contributed by atoms with Crippen LogP contribution in [-0.4, -0.2) is 31.5 Å². The van der Waals surface area contributed by atoms with Crippen molar-refractivity contribution >= 4 is 17.5 Å². The van der Waals surface area contributed by atoms with Crippen molar-refractivity contribution in [3.8, 4) is 11.5 Å². The van der Waals surface area contributed by atoms with Crippen LogP contribution in [0.3, 0.4) is 0 Å². The fraction of sp³-hybridized carbons (Fsp3) is 0.562. The Morgan fingerprint density at radius 2 is 1.90 bits per heavy atom. The number of nitrogens with one attached hydrogen (secondary N) is 1. The van der Waals surface area contributed by atoms with Crippen molar-refractivity contribution in [3.63, 3.8) is 0 Å². The van der Waals surface area contributed by atoms with Crippen LogP contribution in [0, 0.1) is 5.41 Å². The number of rotatable bonds is 6. The second kappa shape index (κ2) is 7.03. The van der Waals surface area contributed by atoms with E-state index in [1.807, 2.05) is 0 Å². The number of carbonyl (C=O) groups excluding carboxylic acids is 1. The predicted molar refractivity (Wildman–Crippen MR) is 83.5 cm³/mol. The molecule has 0 bridgehead atoms. The molecule has 1 aromatic rings. The molecule has 4 nitrogen and oxygen atoms in total. The summed E-state index contributed by atoms with van der Waals surface area (Å²) in [6.45, 7) is 5.84. The molecule has 0 aliphatic carbocycles. The maximum Gasteiger partial charge on any atom is 0.251 e. The van der Waals surface area contributed by atoms with Gasteiger partial charge < -0.3 is 14.8 Å². The number of alkyl halides is 1. The van der Waals surface area contributed by atoms with Crippen LogP contribution in [0.5, 0.6) is 11.5 Å². The second-order valence-electron chi connectivity index (χ2n) is 5.38. The van der Waals surface area contributed by atoms with Gasteiger partial charge in [0.2, 0.25) is 0 Å². The molecule has 0 aromatic heterocycles. The van der Waals surface area contributed by atoms with Crippen molar-refractivity contribution in [2.24, 2.45) is 5.41 Å². The van der Waals surface area contributed by atoms with Gasteiger partial charge in [-0.1, -0.05) is 13.8 Å². The van der Waals surface area contributed by atoms with Crippen LogP contribution >= 0.6 is 11.6 Å². The number of benzene rings is 1. The van der Waals surface area contributed by atoms with Crippen LogP contribution in [0.1, 0.15) is 37.0 Å². The number of ether oxygens (including phenoxy) is 2. The molecule has 1 amide bonds. The average molecular weight is 312 g/mol. The summed E-state index contributed by atoms with van der Waals surface area (Å²) in [6.07, 6.45) is 1.88. The first-order valence-corrected chi connectivity index (χ1v) is 7.91. The van der Waals surface area contributed by atoms with E-state index < -0.39 is 0 Å². The molecule has 0 saturated carbocycles. The maximum atomic E-state index is 12.3. The van der Waals surface area contributed by atoms with Crippen molar-refractivity contribution in [2.45, 2.75) is 26.7 Å². The summed E-state index contributed by atoms with van der Waals surface area (Å²) in [5.41, 5.74) is 0.542. The minimum Gasteiger partial charge on any atom is -0.486 e. The van der Waals surface area contributed by atoms with Crippen LogP contribution in [-0.2, 0) is 0 Å². The predicted octanol–water partition coefficient (Wildman–Crippen LogP) is 3.23. The van der Waals surface area contributed by atoms with Gasteiger partial charge in [-0.3, -0.25) is 4.79 Å². The highest BCUT2D eigenvalue weighted by molar-refractivity contribution is 6.18. The summed E-state index contributed by atoms with van der Waals surface area (Å²) in [4.78, 5) is 12.3. The minimum atomic E-state index is -0.108. The molecular formula is C16H22ClNO3. The van der Waals surface area contributed by atoms with Gasteiger partial charge in [-0.15, -0.1) is 11.6 Å². The zero-order chi connectivity index (χ0) is 15.3. The molecule has 116 valence electrons. The summed E-state index contributed by atoms with van der Waals surface area (Å²) in [5, 5.41) is 2.98. The number of amides is 1. The fourth-order valence-electron chi connectivity index (χ4n) is 2.29. The van der Waals surface area contributed by atoms with Crippen LogP contribution in [0.2, 0.25) is 0 Å². The summed E-state index contributed by atoms with van der Waals surface area (Å²) < 4.78 is 10.9. The lowest BCUT2D eigenvalue weighted by atomic mass is 9.84. The lowest BCUT2D eigenvalue weighted by molar-refractivity contribution is 0.0930. The molecule has 1 heterocycles. The monoisotopic (exact) mass is 311 g/mol. The molecule has 0 radical (unpaired) electrons. The summed E-state index contributed by atoms with van der Waals surface area (Å²) in [7, 11) is 0. The number of carbonyl (C=O) groups is 1. The Bertz CT molecular complexity index is 492. The normalized spacial score (nSPS) is 13.9. The molecule has 1 aliphatic rings. The van der Waals surface area contributed by atoms with E-state index in [1.54, 1.807) is 18.2 Å². The standard InChI is InChI=1S/C16H22ClNO3/c1-3-16(4-2,10-17)11-18-15(19)12-5-6-13-14(9-12)21-8-7-20-13/h5-6,9H,3-4,7-8,10-11H2,1-2H3,(H,18,19). The Labute approximate surface area is 130 Å². The molecule has 0 atom stereocenters. The Morgan fingerprint density at radius 3 is 2.52 bits per heavy atom. The van der Waals surface area contributed by atoms with Gasteiger partial charge in [0.05, 0.1) is 0 Å². The van der Waals surface area contributed by atoms with E-state index in [-0.39, 0.29) is 11.3 Å². The summed E-state index contributed by atoms with van der Waals surface area (Å²) >= 11 is 6.06. The molecule has 0 fully saturated rings. The second-order valence-corrected chi connectivity index (χ2v) is 5.65. The number of fused-ring (bicyclic) bond motifs is 1. The van der Waals surface area contributed by atoms with E-state index in [4.69, 9.17) is 21.1 Å². The van der Waals surface area contributed by atoms with Crippen molar-refractivity contribution < 1.29 is 14.3 Å². The molecule has 2 rings (SSSR count). The summed E-state index contributed by atoms with van der Waals surface area (Å²) in [5.74, 6) is 1.75. The molecule has 0 saturated heterocycles. The lowest BCUT2D eigenvalue weighted by Crippen LogP contribution is -2.38. The Kier molecular flexibility index (Phi) is 5.34. The Morgan fingerprint density at radius 1 is 1.24 bits per heavy atom. The average Bonchev–Trinajstić information content (AvgIpc) is 2.56. The number of halogens is 1. The van der Waals surface area contributed by atoms with Gasteiger partial charge in [0.1, 0.15) is 13.2 Å². The van der Waals surface area contributed by atoms with Crippen molar-refractivity contribution in [2.75, 3.05) is 25.6 Å². The zero-order valence-corrected chi connectivity index (χ0v) is 13.3. The van der Waals surface area contributed by atoms with Gasteiger partial charge >= 0.3 is 0 Å². The first kappa shape index (κ1) is 16.0. The first-order chi connectivity index (χ1) is 10.1. The van der Waals surface area contributed by atoms with Crippen molar-refractivity contribution in [1.29, 1.82) is 0 Å². The van der Waals surface area contributed by atoms with Gasteiger partial charge in [0.25, 0.3) is 5.91 Å². The molecule has 1 aromatic carbocycles. The van der Waals surface area contributed by atoms with Gasteiger partial charge in [-0.05, 0) is 31.0 Å². The van der Waals surface area contributed by atoms with Gasteiger partial charge in [-0.2, -0.15) is 0 Å². The van der Waals surface area contributed by atoms with Gasteiger partial charge in [0.15, 0.2) is 11.5 Å². The molecule has 1 N–H and O–H groups in total. The zero-order valence-electron chi connectivity index (χ0n) is 12.6. The third-order valence-electron chi connectivity index (χ3n) is 4.21. The molecule has 21 heavy (non-hydrogen) atoms.